The highest BCUT2D eigenvalue weighted by Crippen LogP contribution is 2.25. The second kappa shape index (κ2) is 9.00. The van der Waals surface area contributed by atoms with E-state index >= 15 is 0 Å². The summed E-state index contributed by atoms with van der Waals surface area (Å²) in [6.07, 6.45) is 4.73. The molecule has 0 aliphatic rings. The highest BCUT2D eigenvalue weighted by Gasteiger charge is 2.17. The Bertz CT molecular complexity index is 1130. The van der Waals surface area contributed by atoms with Crippen LogP contribution in [0, 0.1) is 6.92 Å². The smallest absolute Gasteiger partial charge is 0.234 e. The number of hydrogen-bond acceptors (Lipinski definition) is 4. The minimum atomic E-state index is -0.0696. The van der Waals surface area contributed by atoms with E-state index in [-0.39, 0.29) is 11.7 Å². The average molecular weight is 418 g/mol. The van der Waals surface area contributed by atoms with Gasteiger partial charge in [-0.2, -0.15) is 0 Å². The van der Waals surface area contributed by atoms with Crippen LogP contribution in [-0.2, 0) is 11.2 Å². The monoisotopic (exact) mass is 417 g/mol. The summed E-state index contributed by atoms with van der Waals surface area (Å²) in [7, 11) is 0. The lowest BCUT2D eigenvalue weighted by molar-refractivity contribution is -0.113. The molecule has 0 saturated carbocycles. The number of nitrogens with one attached hydrogen (secondary N) is 1. The van der Waals surface area contributed by atoms with Crippen molar-refractivity contribution in [3.8, 4) is 11.4 Å². The number of aromatic nitrogens is 4. The molecule has 7 heteroatoms. The third-order valence-corrected chi connectivity index (χ3v) is 5.67. The van der Waals surface area contributed by atoms with Gasteiger partial charge in [-0.3, -0.25) is 9.47 Å². The van der Waals surface area contributed by atoms with Crippen molar-refractivity contribution in [2.45, 2.75) is 25.4 Å². The van der Waals surface area contributed by atoms with Gasteiger partial charge >= 0.3 is 0 Å². The zero-order valence-corrected chi connectivity index (χ0v) is 17.8. The third-order valence-electron chi connectivity index (χ3n) is 4.75. The molecule has 0 atom stereocenters. The maximum atomic E-state index is 12.6. The van der Waals surface area contributed by atoms with Crippen molar-refractivity contribution in [1.82, 2.24) is 19.5 Å². The fraction of sp³-hybridized carbons (Fsp3) is 0.174. The Morgan fingerprint density at radius 3 is 2.47 bits per heavy atom. The van der Waals surface area contributed by atoms with Gasteiger partial charge in [-0.25, -0.2) is 4.68 Å². The summed E-state index contributed by atoms with van der Waals surface area (Å²) in [5.74, 6) is 0.899. The molecule has 0 saturated heterocycles. The molecule has 0 fully saturated rings. The van der Waals surface area contributed by atoms with E-state index in [4.69, 9.17) is 0 Å². The minimum Gasteiger partial charge on any atom is -0.325 e. The van der Waals surface area contributed by atoms with Crippen LogP contribution in [0.15, 0.2) is 78.2 Å². The molecule has 30 heavy (non-hydrogen) atoms. The first-order valence-electron chi connectivity index (χ1n) is 9.82. The van der Waals surface area contributed by atoms with Crippen LogP contribution >= 0.6 is 11.8 Å². The van der Waals surface area contributed by atoms with Crippen molar-refractivity contribution >= 4 is 23.4 Å². The van der Waals surface area contributed by atoms with Gasteiger partial charge in [0.1, 0.15) is 0 Å². The molecule has 2 aromatic carbocycles. The topological polar surface area (TPSA) is 64.7 Å². The molecule has 4 rings (SSSR count). The normalized spacial score (nSPS) is 10.9. The summed E-state index contributed by atoms with van der Waals surface area (Å²) in [5, 5.41) is 12.4. The number of benzene rings is 2. The van der Waals surface area contributed by atoms with Crippen LogP contribution in [0.1, 0.15) is 18.1 Å². The van der Waals surface area contributed by atoms with Gasteiger partial charge in [-0.05, 0) is 37.1 Å². The summed E-state index contributed by atoms with van der Waals surface area (Å²) < 4.78 is 3.84. The number of thioether (sulfide) groups is 1. The lowest BCUT2D eigenvalue weighted by atomic mass is 10.1. The number of aryl methyl sites for hydroxylation is 2. The zero-order valence-electron chi connectivity index (χ0n) is 16.9. The van der Waals surface area contributed by atoms with Crippen LogP contribution in [0.2, 0.25) is 0 Å². The molecule has 152 valence electrons. The van der Waals surface area contributed by atoms with Crippen molar-refractivity contribution in [3.63, 3.8) is 0 Å². The fourth-order valence-corrected chi connectivity index (χ4v) is 3.91. The predicted molar refractivity (Wildman–Crippen MR) is 121 cm³/mol. The van der Waals surface area contributed by atoms with Crippen LogP contribution in [-0.4, -0.2) is 31.2 Å². The van der Waals surface area contributed by atoms with Crippen LogP contribution in [0.25, 0.3) is 11.4 Å². The number of hydrogen-bond donors (Lipinski definition) is 1. The number of nitrogens with zero attached hydrogens (tertiary/aromatic N) is 4. The lowest BCUT2D eigenvalue weighted by Gasteiger charge is -2.12. The van der Waals surface area contributed by atoms with E-state index < -0.39 is 0 Å². The molecular weight excluding hydrogens is 394 g/mol. The third kappa shape index (κ3) is 4.31. The van der Waals surface area contributed by atoms with Gasteiger partial charge in [-0.15, -0.1) is 10.2 Å². The van der Waals surface area contributed by atoms with Crippen LogP contribution in [0.5, 0.6) is 0 Å². The Kier molecular flexibility index (Phi) is 5.99. The SMILES string of the molecule is CCc1ccccc1NC(=O)CSc1nnc(-c2ccc(C)cc2)n1-n1cccc1. The molecule has 0 bridgehead atoms. The van der Waals surface area contributed by atoms with Gasteiger partial charge in [0.25, 0.3) is 0 Å². The first-order valence-corrected chi connectivity index (χ1v) is 10.8. The average Bonchev–Trinajstić information content (AvgIpc) is 3.43. The largest absolute Gasteiger partial charge is 0.325 e. The van der Waals surface area contributed by atoms with Crippen LogP contribution in [0.4, 0.5) is 5.69 Å². The molecule has 0 aliphatic carbocycles. The zero-order chi connectivity index (χ0) is 20.9. The molecule has 2 heterocycles. The van der Waals surface area contributed by atoms with Gasteiger partial charge in [-0.1, -0.05) is 66.7 Å². The summed E-state index contributed by atoms with van der Waals surface area (Å²) in [5.41, 5.74) is 4.13. The van der Waals surface area contributed by atoms with Crippen molar-refractivity contribution in [1.29, 1.82) is 0 Å². The molecule has 0 aliphatic heterocycles. The fourth-order valence-electron chi connectivity index (χ4n) is 3.17. The number of amides is 1. The molecule has 0 radical (unpaired) electrons. The number of para-hydroxylation sites is 1. The molecule has 0 spiro atoms. The molecule has 1 amide bonds. The second-order valence-corrected chi connectivity index (χ2v) is 7.84. The second-order valence-electron chi connectivity index (χ2n) is 6.89. The Balaban J connectivity index is 1.56. The van der Waals surface area contributed by atoms with E-state index in [9.17, 15) is 4.79 Å². The van der Waals surface area contributed by atoms with E-state index in [0.29, 0.717) is 5.16 Å². The van der Waals surface area contributed by atoms with Gasteiger partial charge in [0.2, 0.25) is 11.1 Å². The first-order chi connectivity index (χ1) is 14.7. The van der Waals surface area contributed by atoms with E-state index in [1.54, 1.807) is 0 Å². The first kappa shape index (κ1) is 20.0. The molecule has 2 aromatic heterocycles. The summed E-state index contributed by atoms with van der Waals surface area (Å²) >= 11 is 1.36. The van der Waals surface area contributed by atoms with E-state index in [2.05, 4.69) is 41.5 Å². The Morgan fingerprint density at radius 2 is 1.73 bits per heavy atom. The van der Waals surface area contributed by atoms with E-state index in [1.165, 1.54) is 17.3 Å². The van der Waals surface area contributed by atoms with Crippen LogP contribution < -0.4 is 5.32 Å². The summed E-state index contributed by atoms with van der Waals surface area (Å²) in [6.45, 7) is 4.13. The van der Waals surface area contributed by atoms with Crippen molar-refractivity contribution < 1.29 is 4.79 Å². The number of anilines is 1. The summed E-state index contributed by atoms with van der Waals surface area (Å²) in [4.78, 5) is 12.6. The summed E-state index contributed by atoms with van der Waals surface area (Å²) in [6, 6.07) is 19.9. The Hall–Kier alpha value is -3.32. The Morgan fingerprint density at radius 1 is 1.00 bits per heavy atom. The molecular formula is C23H23N5OS. The van der Waals surface area contributed by atoms with Crippen LogP contribution in [0.3, 0.4) is 0 Å². The lowest BCUT2D eigenvalue weighted by Crippen LogP contribution is -2.16. The van der Waals surface area contributed by atoms with Crippen molar-refractivity contribution in [2.24, 2.45) is 0 Å². The predicted octanol–water partition coefficient (Wildman–Crippen LogP) is 4.66. The van der Waals surface area contributed by atoms with Gasteiger partial charge < -0.3 is 5.32 Å². The highest BCUT2D eigenvalue weighted by atomic mass is 32.2. The highest BCUT2D eigenvalue weighted by molar-refractivity contribution is 7.99. The van der Waals surface area contributed by atoms with E-state index in [0.717, 1.165) is 29.1 Å². The van der Waals surface area contributed by atoms with Gasteiger partial charge in [0, 0.05) is 23.6 Å². The number of rotatable bonds is 7. The quantitative estimate of drug-likeness (QED) is 0.444. The molecule has 1 N–H and O–H groups in total. The molecule has 0 unspecified atom stereocenters. The standard InChI is InChI=1S/C23H23N5OS/c1-3-18-8-4-5-9-20(18)24-21(29)16-30-23-26-25-22(19-12-10-17(2)11-13-19)28(23)27-14-6-7-15-27/h4-15H,3,16H2,1-2H3,(H,24,29). The maximum absolute atomic E-state index is 12.6. The Labute approximate surface area is 179 Å². The number of carbonyl (C=O) groups excluding carboxylic acids is 1. The molecule has 4 aromatic rings. The van der Waals surface area contributed by atoms with Crippen molar-refractivity contribution in [2.75, 3.05) is 11.1 Å². The van der Waals surface area contributed by atoms with Gasteiger partial charge in [0.05, 0.1) is 5.75 Å². The van der Waals surface area contributed by atoms with E-state index in [1.807, 2.05) is 70.3 Å². The number of carbonyl (C=O) groups is 1. The minimum absolute atomic E-state index is 0.0696. The maximum Gasteiger partial charge on any atom is 0.234 e. The van der Waals surface area contributed by atoms with Gasteiger partial charge in [0.15, 0.2) is 5.82 Å². The molecule has 6 nitrogen and oxygen atoms in total. The van der Waals surface area contributed by atoms with Crippen molar-refractivity contribution in [3.05, 3.63) is 84.2 Å².